The topological polar surface area (TPSA) is 81.6 Å². The van der Waals surface area contributed by atoms with Crippen molar-refractivity contribution in [3.63, 3.8) is 0 Å². The molecule has 1 heterocycles. The Kier molecular flexibility index (Phi) is 5.53. The summed E-state index contributed by atoms with van der Waals surface area (Å²) >= 11 is 0. The Hall–Kier alpha value is -2.57. The highest BCUT2D eigenvalue weighted by molar-refractivity contribution is 5.94. The maximum Gasteiger partial charge on any atom is 0.231 e. The highest BCUT2D eigenvalue weighted by Gasteiger charge is 2.14. The predicted molar refractivity (Wildman–Crippen MR) is 91.0 cm³/mol. The fourth-order valence-corrected chi connectivity index (χ4v) is 2.56. The molecule has 2 aromatic carbocycles. The van der Waals surface area contributed by atoms with E-state index < -0.39 is 6.10 Å². The number of aliphatic hydroxyl groups is 1. The summed E-state index contributed by atoms with van der Waals surface area (Å²) in [5.41, 5.74) is 1.75. The van der Waals surface area contributed by atoms with E-state index in [0.717, 1.165) is 23.6 Å². The van der Waals surface area contributed by atoms with Crippen molar-refractivity contribution in [3.8, 4) is 17.2 Å². The van der Waals surface area contributed by atoms with Gasteiger partial charge in [-0.15, -0.1) is 0 Å². The Morgan fingerprint density at radius 2 is 1.96 bits per heavy atom. The van der Waals surface area contributed by atoms with Crippen molar-refractivity contribution in [3.05, 3.63) is 53.6 Å². The van der Waals surface area contributed by atoms with Crippen molar-refractivity contribution < 1.29 is 29.4 Å². The van der Waals surface area contributed by atoms with Gasteiger partial charge in [0.05, 0.1) is 0 Å². The molecule has 2 aromatic rings. The molecule has 0 radical (unpaired) electrons. The number of benzene rings is 2. The minimum absolute atomic E-state index is 0.0182. The number of quaternary nitrogens is 1. The van der Waals surface area contributed by atoms with E-state index in [-0.39, 0.29) is 19.2 Å². The molecule has 0 aromatic heterocycles. The Morgan fingerprint density at radius 1 is 1.20 bits per heavy atom. The first-order valence-corrected chi connectivity index (χ1v) is 8.24. The van der Waals surface area contributed by atoms with E-state index in [9.17, 15) is 9.90 Å². The van der Waals surface area contributed by atoms with Gasteiger partial charge in [0.15, 0.2) is 17.3 Å². The van der Waals surface area contributed by atoms with Crippen LogP contribution >= 0.6 is 0 Å². The maximum absolute atomic E-state index is 11.2. The van der Waals surface area contributed by atoms with E-state index in [2.05, 4.69) is 0 Å². The van der Waals surface area contributed by atoms with Gasteiger partial charge in [-0.05, 0) is 49.4 Å². The average molecular weight is 344 g/mol. The first kappa shape index (κ1) is 17.3. The fourth-order valence-electron chi connectivity index (χ4n) is 2.56. The van der Waals surface area contributed by atoms with E-state index >= 15 is 0 Å². The summed E-state index contributed by atoms with van der Waals surface area (Å²) in [6, 6.07) is 12.8. The van der Waals surface area contributed by atoms with Crippen LogP contribution in [0.1, 0.15) is 22.8 Å². The van der Waals surface area contributed by atoms with Crippen molar-refractivity contribution in [1.29, 1.82) is 0 Å². The van der Waals surface area contributed by atoms with Gasteiger partial charge in [0.25, 0.3) is 0 Å². The van der Waals surface area contributed by atoms with Crippen LogP contribution in [0.5, 0.6) is 17.2 Å². The number of nitrogens with two attached hydrogens (primary N) is 1. The molecule has 0 fully saturated rings. The van der Waals surface area contributed by atoms with Crippen molar-refractivity contribution in [2.24, 2.45) is 0 Å². The molecule has 132 valence electrons. The standard InChI is InChI=1S/C19H21NO5/c1-13(21)15-3-5-17(6-4-15)23-11-16(22)10-20-9-14-2-7-18-19(8-14)25-12-24-18/h2-8,16,20,22H,9-12H2,1H3/p+1/t16-/m1/s1. The third-order valence-corrected chi connectivity index (χ3v) is 3.96. The van der Waals surface area contributed by atoms with Gasteiger partial charge in [-0.2, -0.15) is 0 Å². The lowest BCUT2D eigenvalue weighted by atomic mass is 10.1. The Balaban J connectivity index is 1.39. The number of ether oxygens (including phenoxy) is 3. The number of hydrogen-bond donors (Lipinski definition) is 2. The lowest BCUT2D eigenvalue weighted by molar-refractivity contribution is -0.676. The number of carbonyl (C=O) groups excluding carboxylic acids is 1. The zero-order chi connectivity index (χ0) is 17.6. The zero-order valence-corrected chi connectivity index (χ0v) is 14.1. The monoisotopic (exact) mass is 344 g/mol. The molecule has 0 bridgehead atoms. The minimum atomic E-state index is -0.582. The smallest absolute Gasteiger partial charge is 0.231 e. The molecular formula is C19H22NO5+. The summed E-state index contributed by atoms with van der Waals surface area (Å²) in [4.78, 5) is 11.2. The number of rotatable bonds is 8. The predicted octanol–water partition coefficient (Wildman–Crippen LogP) is 1.12. The second-order valence-corrected chi connectivity index (χ2v) is 5.96. The van der Waals surface area contributed by atoms with E-state index in [1.807, 2.05) is 23.5 Å². The number of ketones is 1. The van der Waals surface area contributed by atoms with Crippen LogP contribution in [0.3, 0.4) is 0 Å². The zero-order valence-electron chi connectivity index (χ0n) is 14.1. The van der Waals surface area contributed by atoms with Gasteiger partial charge in [0.2, 0.25) is 6.79 Å². The third kappa shape index (κ3) is 4.71. The lowest BCUT2D eigenvalue weighted by Gasteiger charge is -2.12. The summed E-state index contributed by atoms with van der Waals surface area (Å²) in [7, 11) is 0. The summed E-state index contributed by atoms with van der Waals surface area (Å²) in [5.74, 6) is 2.20. The Labute approximate surface area is 146 Å². The molecule has 0 aliphatic carbocycles. The number of hydrogen-bond acceptors (Lipinski definition) is 5. The van der Waals surface area contributed by atoms with E-state index in [0.29, 0.717) is 17.9 Å². The summed E-state index contributed by atoms with van der Waals surface area (Å²) in [6.07, 6.45) is -0.582. The molecule has 1 aliphatic rings. The van der Waals surface area contributed by atoms with Gasteiger partial charge in [-0.3, -0.25) is 4.79 Å². The third-order valence-electron chi connectivity index (χ3n) is 3.96. The second-order valence-electron chi connectivity index (χ2n) is 5.96. The molecular weight excluding hydrogens is 322 g/mol. The van der Waals surface area contributed by atoms with Crippen LogP contribution in [0.2, 0.25) is 0 Å². The summed E-state index contributed by atoms with van der Waals surface area (Å²) in [6.45, 7) is 3.26. The largest absolute Gasteiger partial charge is 0.491 e. The molecule has 3 N–H and O–H groups in total. The van der Waals surface area contributed by atoms with Gasteiger partial charge in [0.1, 0.15) is 31.5 Å². The molecule has 0 amide bonds. The summed E-state index contributed by atoms with van der Waals surface area (Å²) in [5, 5.41) is 12.0. The van der Waals surface area contributed by atoms with Crippen LogP contribution in [0.4, 0.5) is 0 Å². The van der Waals surface area contributed by atoms with Gasteiger partial charge >= 0.3 is 0 Å². The Bertz CT molecular complexity index is 729. The maximum atomic E-state index is 11.2. The molecule has 1 aliphatic heterocycles. The van der Waals surface area contributed by atoms with E-state index in [1.54, 1.807) is 24.3 Å². The molecule has 0 saturated carbocycles. The van der Waals surface area contributed by atoms with Gasteiger partial charge < -0.3 is 24.6 Å². The minimum Gasteiger partial charge on any atom is -0.491 e. The van der Waals surface area contributed by atoms with Crippen LogP contribution in [-0.2, 0) is 6.54 Å². The molecule has 1 atom stereocenters. The van der Waals surface area contributed by atoms with Crippen molar-refractivity contribution in [1.82, 2.24) is 0 Å². The fraction of sp³-hybridized carbons (Fsp3) is 0.316. The van der Waals surface area contributed by atoms with E-state index in [1.165, 1.54) is 6.92 Å². The second kappa shape index (κ2) is 8.00. The molecule has 0 unspecified atom stereocenters. The van der Waals surface area contributed by atoms with Crippen molar-refractivity contribution >= 4 is 5.78 Å². The quantitative estimate of drug-likeness (QED) is 0.702. The van der Waals surface area contributed by atoms with Gasteiger partial charge in [0, 0.05) is 11.1 Å². The normalized spacial score (nSPS) is 13.5. The molecule has 0 spiro atoms. The van der Waals surface area contributed by atoms with Crippen LogP contribution in [-0.4, -0.2) is 36.9 Å². The highest BCUT2D eigenvalue weighted by atomic mass is 16.7. The highest BCUT2D eigenvalue weighted by Crippen LogP contribution is 2.32. The van der Waals surface area contributed by atoms with Crippen molar-refractivity contribution in [2.45, 2.75) is 19.6 Å². The average Bonchev–Trinajstić information content (AvgIpc) is 3.08. The number of carbonyl (C=O) groups is 1. The van der Waals surface area contributed by atoms with Crippen LogP contribution in [0.15, 0.2) is 42.5 Å². The SMILES string of the molecule is CC(=O)c1ccc(OC[C@H](O)C[NH2+]Cc2ccc3c(c2)OCO3)cc1. The lowest BCUT2D eigenvalue weighted by Crippen LogP contribution is -2.85. The first-order valence-electron chi connectivity index (χ1n) is 8.24. The van der Waals surface area contributed by atoms with Gasteiger partial charge in [-0.25, -0.2) is 0 Å². The first-order chi connectivity index (χ1) is 12.1. The van der Waals surface area contributed by atoms with Crippen LogP contribution < -0.4 is 19.5 Å². The molecule has 6 nitrogen and oxygen atoms in total. The van der Waals surface area contributed by atoms with Crippen LogP contribution in [0, 0.1) is 0 Å². The number of fused-ring (bicyclic) bond motifs is 1. The van der Waals surface area contributed by atoms with Gasteiger partial charge in [-0.1, -0.05) is 0 Å². The van der Waals surface area contributed by atoms with Crippen LogP contribution in [0.25, 0.3) is 0 Å². The Morgan fingerprint density at radius 3 is 2.72 bits per heavy atom. The molecule has 25 heavy (non-hydrogen) atoms. The van der Waals surface area contributed by atoms with Crippen molar-refractivity contribution in [2.75, 3.05) is 19.9 Å². The molecule has 6 heteroatoms. The van der Waals surface area contributed by atoms with E-state index in [4.69, 9.17) is 14.2 Å². The number of Topliss-reactive ketones (excluding diaryl/α,β-unsaturated/α-hetero) is 1. The number of aliphatic hydroxyl groups excluding tert-OH is 1. The summed E-state index contributed by atoms with van der Waals surface area (Å²) < 4.78 is 16.2. The molecule has 0 saturated heterocycles. The molecule has 3 rings (SSSR count).